The van der Waals surface area contributed by atoms with Crippen molar-refractivity contribution in [3.8, 4) is 5.75 Å². The molecule has 0 bridgehead atoms. The maximum Gasteiger partial charge on any atom is 0.407 e. The molecule has 4 rings (SSSR count). The fraction of sp³-hybridized carbons (Fsp3) is 0.333. The molecule has 1 aliphatic rings. The van der Waals surface area contributed by atoms with E-state index in [1.807, 2.05) is 42.5 Å². The number of amides is 3. The van der Waals surface area contributed by atoms with Crippen LogP contribution < -0.4 is 15.5 Å². The maximum absolute atomic E-state index is 13.2. The van der Waals surface area contributed by atoms with Crippen LogP contribution in [0.2, 0.25) is 0 Å². The summed E-state index contributed by atoms with van der Waals surface area (Å²) in [6.45, 7) is 5.53. The van der Waals surface area contributed by atoms with E-state index < -0.39 is 41.2 Å². The number of rotatable bonds is 6. The smallest absolute Gasteiger partial charge is 0.407 e. The Morgan fingerprint density at radius 2 is 1.76 bits per heavy atom. The minimum absolute atomic E-state index is 0.160. The molecule has 1 saturated heterocycles. The highest BCUT2D eigenvalue weighted by Crippen LogP contribution is 2.41. The number of aromatic nitrogens is 1. The summed E-state index contributed by atoms with van der Waals surface area (Å²) in [5, 5.41) is 22.7. The van der Waals surface area contributed by atoms with E-state index in [0.29, 0.717) is 18.0 Å². The van der Waals surface area contributed by atoms with E-state index in [1.165, 1.54) is 0 Å². The first-order valence-electron chi connectivity index (χ1n) is 11.9. The molecule has 0 spiro atoms. The Kier molecular flexibility index (Phi) is 7.30. The number of para-hydroxylation sites is 1. The number of carboxylic acid groups (broad SMARTS) is 1. The molecular weight excluding hydrogens is 476 g/mol. The number of hydroxylamine groups is 1. The summed E-state index contributed by atoms with van der Waals surface area (Å²) in [5.74, 6) is -2.60. The molecule has 1 aromatic heterocycles. The zero-order valence-corrected chi connectivity index (χ0v) is 20.8. The van der Waals surface area contributed by atoms with Gasteiger partial charge in [0.2, 0.25) is 11.8 Å². The normalized spacial score (nSPS) is 19.5. The standard InChI is InChI=1S/C27H30N4O6/c1-27(2,3)23-22(25(33)30-36)19(14-31(23)26(34)35)24(32)29-17-10-8-16(9-11-17)15-37-21-12-13-28-20-7-5-4-6-18(20)21/h4-13,19,22-23,36H,14-15H2,1-3H3,(H,29,32)(H,30,33)(H,34,35). The molecule has 3 unspecified atom stereocenters. The van der Waals surface area contributed by atoms with E-state index in [1.54, 1.807) is 44.6 Å². The quantitative estimate of drug-likeness (QED) is 0.293. The molecule has 194 valence electrons. The molecule has 2 heterocycles. The third-order valence-electron chi connectivity index (χ3n) is 6.61. The Labute approximate surface area is 214 Å². The van der Waals surface area contributed by atoms with Crippen LogP contribution in [0.5, 0.6) is 5.75 Å². The summed E-state index contributed by atoms with van der Waals surface area (Å²) >= 11 is 0. The second-order valence-electron chi connectivity index (χ2n) is 10.2. The van der Waals surface area contributed by atoms with E-state index in [9.17, 15) is 24.7 Å². The predicted molar refractivity (Wildman–Crippen MR) is 136 cm³/mol. The molecule has 2 aromatic carbocycles. The summed E-state index contributed by atoms with van der Waals surface area (Å²) in [7, 11) is 0. The lowest BCUT2D eigenvalue weighted by molar-refractivity contribution is -0.139. The Hall–Kier alpha value is -4.18. The van der Waals surface area contributed by atoms with Crippen molar-refractivity contribution >= 4 is 34.5 Å². The van der Waals surface area contributed by atoms with Crippen molar-refractivity contribution in [2.24, 2.45) is 17.3 Å². The summed E-state index contributed by atoms with van der Waals surface area (Å²) < 4.78 is 5.98. The Bertz CT molecular complexity index is 1300. The van der Waals surface area contributed by atoms with Gasteiger partial charge in [0.15, 0.2) is 0 Å². The number of hydrogen-bond donors (Lipinski definition) is 4. The highest BCUT2D eigenvalue weighted by Gasteiger charge is 2.54. The van der Waals surface area contributed by atoms with Crippen molar-refractivity contribution in [3.63, 3.8) is 0 Å². The topological polar surface area (TPSA) is 141 Å². The van der Waals surface area contributed by atoms with E-state index in [-0.39, 0.29) is 6.54 Å². The first kappa shape index (κ1) is 25.9. The molecular formula is C27H30N4O6. The number of fused-ring (bicyclic) bond motifs is 1. The number of carbonyl (C=O) groups excluding carboxylic acids is 2. The average Bonchev–Trinajstić information content (AvgIpc) is 3.30. The van der Waals surface area contributed by atoms with Crippen molar-refractivity contribution in [3.05, 3.63) is 66.4 Å². The van der Waals surface area contributed by atoms with Crippen molar-refractivity contribution in [2.45, 2.75) is 33.4 Å². The molecule has 1 aliphatic heterocycles. The van der Waals surface area contributed by atoms with Crippen LogP contribution in [-0.2, 0) is 16.2 Å². The number of ether oxygens (including phenoxy) is 1. The number of likely N-dealkylation sites (tertiary alicyclic amines) is 1. The van der Waals surface area contributed by atoms with Crippen LogP contribution in [-0.4, -0.2) is 50.7 Å². The molecule has 0 aliphatic carbocycles. The molecule has 1 fully saturated rings. The number of pyridine rings is 1. The van der Waals surface area contributed by atoms with Crippen LogP contribution in [0.1, 0.15) is 26.3 Å². The van der Waals surface area contributed by atoms with E-state index in [0.717, 1.165) is 21.4 Å². The fourth-order valence-electron chi connectivity index (χ4n) is 4.98. The van der Waals surface area contributed by atoms with Gasteiger partial charge in [0, 0.05) is 23.8 Å². The molecule has 37 heavy (non-hydrogen) atoms. The van der Waals surface area contributed by atoms with Crippen molar-refractivity contribution < 1.29 is 29.4 Å². The number of nitrogens with one attached hydrogen (secondary N) is 2. The van der Waals surface area contributed by atoms with Crippen LogP contribution in [0.25, 0.3) is 10.9 Å². The van der Waals surface area contributed by atoms with Gasteiger partial charge in [-0.25, -0.2) is 10.3 Å². The van der Waals surface area contributed by atoms with Gasteiger partial charge in [-0.1, -0.05) is 45.0 Å². The number of carbonyl (C=O) groups is 3. The first-order valence-corrected chi connectivity index (χ1v) is 11.9. The number of nitrogens with zero attached hydrogens (tertiary/aromatic N) is 2. The first-order chi connectivity index (χ1) is 17.6. The fourth-order valence-corrected chi connectivity index (χ4v) is 4.98. The summed E-state index contributed by atoms with van der Waals surface area (Å²) in [5.41, 5.74) is 3.17. The minimum Gasteiger partial charge on any atom is -0.488 e. The number of benzene rings is 2. The van der Waals surface area contributed by atoms with Gasteiger partial charge < -0.3 is 20.1 Å². The molecule has 10 nitrogen and oxygen atoms in total. The lowest BCUT2D eigenvalue weighted by Crippen LogP contribution is -2.49. The minimum atomic E-state index is -1.22. The van der Waals surface area contributed by atoms with Crippen molar-refractivity contribution in [1.82, 2.24) is 15.4 Å². The van der Waals surface area contributed by atoms with Crippen LogP contribution in [0.3, 0.4) is 0 Å². The summed E-state index contributed by atoms with van der Waals surface area (Å²) in [6.07, 6.45) is 0.469. The molecule has 0 radical (unpaired) electrons. The van der Waals surface area contributed by atoms with E-state index in [2.05, 4.69) is 10.3 Å². The second-order valence-corrected chi connectivity index (χ2v) is 10.2. The van der Waals surface area contributed by atoms with Gasteiger partial charge in [-0.3, -0.25) is 19.8 Å². The summed E-state index contributed by atoms with van der Waals surface area (Å²) in [6, 6.07) is 15.8. The maximum atomic E-state index is 13.2. The van der Waals surface area contributed by atoms with E-state index >= 15 is 0 Å². The second kappa shape index (κ2) is 10.4. The van der Waals surface area contributed by atoms with Gasteiger partial charge in [-0.15, -0.1) is 0 Å². The highest BCUT2D eigenvalue weighted by atomic mass is 16.5. The molecule has 0 saturated carbocycles. The third-order valence-corrected chi connectivity index (χ3v) is 6.61. The van der Waals surface area contributed by atoms with Crippen LogP contribution in [0.15, 0.2) is 60.8 Å². The van der Waals surface area contributed by atoms with Gasteiger partial charge in [0.05, 0.1) is 23.4 Å². The molecule has 4 N–H and O–H groups in total. The SMILES string of the molecule is CC(C)(C)C1C(C(=O)NO)C(C(=O)Nc2ccc(COc3ccnc4ccccc34)cc2)CN1C(=O)O. The molecule has 3 atom stereocenters. The monoisotopic (exact) mass is 506 g/mol. The van der Waals surface area contributed by atoms with Crippen LogP contribution in [0, 0.1) is 17.3 Å². The lowest BCUT2D eigenvalue weighted by Gasteiger charge is -2.36. The summed E-state index contributed by atoms with van der Waals surface area (Å²) in [4.78, 5) is 43.1. The Morgan fingerprint density at radius 3 is 2.41 bits per heavy atom. The van der Waals surface area contributed by atoms with Crippen LogP contribution in [0.4, 0.5) is 10.5 Å². The highest BCUT2D eigenvalue weighted by molar-refractivity contribution is 5.97. The largest absolute Gasteiger partial charge is 0.488 e. The van der Waals surface area contributed by atoms with Crippen molar-refractivity contribution in [2.75, 3.05) is 11.9 Å². The average molecular weight is 507 g/mol. The lowest BCUT2D eigenvalue weighted by atomic mass is 9.76. The zero-order chi connectivity index (χ0) is 26.7. The predicted octanol–water partition coefficient (Wildman–Crippen LogP) is 3.90. The Morgan fingerprint density at radius 1 is 1.05 bits per heavy atom. The van der Waals surface area contributed by atoms with Gasteiger partial charge >= 0.3 is 6.09 Å². The van der Waals surface area contributed by atoms with E-state index in [4.69, 9.17) is 4.74 Å². The third kappa shape index (κ3) is 5.49. The van der Waals surface area contributed by atoms with Gasteiger partial charge in [-0.05, 0) is 41.3 Å². The van der Waals surface area contributed by atoms with Crippen LogP contribution >= 0.6 is 0 Å². The van der Waals surface area contributed by atoms with Gasteiger partial charge in [0.25, 0.3) is 0 Å². The number of anilines is 1. The molecule has 10 heteroatoms. The van der Waals surface area contributed by atoms with Crippen molar-refractivity contribution in [1.29, 1.82) is 0 Å². The molecule has 3 aromatic rings. The van der Waals surface area contributed by atoms with Gasteiger partial charge in [0.1, 0.15) is 12.4 Å². The van der Waals surface area contributed by atoms with Gasteiger partial charge in [-0.2, -0.15) is 0 Å². The Balaban J connectivity index is 1.46. The zero-order valence-electron chi connectivity index (χ0n) is 20.8. The number of hydrogen-bond acceptors (Lipinski definition) is 6. The molecule has 3 amide bonds.